The number of nitrogens with two attached hydrogens (primary N) is 1. The summed E-state index contributed by atoms with van der Waals surface area (Å²) < 4.78 is 1.69. The monoisotopic (exact) mass is 249 g/mol. The molecule has 1 aromatic rings. The van der Waals surface area contributed by atoms with Gasteiger partial charge >= 0.3 is 0 Å². The minimum Gasteiger partial charge on any atom is -0.318 e. The number of Topliss-reactive ketones (excluding diaryl/α,β-unsaturated/α-hetero) is 1. The molecule has 1 heterocycles. The summed E-state index contributed by atoms with van der Waals surface area (Å²) in [5.74, 6) is 1.05. The standard InChI is InChI=1S/C14H23N3O/c1-3-10-5-4-6-11(7-10)14(18)13(15)12-8-16-17(2)9-12/h8-11,13H,3-7,15H2,1-2H3. The Kier molecular flexibility index (Phi) is 4.17. The van der Waals surface area contributed by atoms with Crippen molar-refractivity contribution < 1.29 is 4.79 Å². The molecular weight excluding hydrogens is 226 g/mol. The third-order valence-corrected chi connectivity index (χ3v) is 4.15. The van der Waals surface area contributed by atoms with Crippen molar-refractivity contribution in [2.45, 2.75) is 45.1 Å². The van der Waals surface area contributed by atoms with Gasteiger partial charge in [-0.15, -0.1) is 0 Å². The molecule has 4 heteroatoms. The number of hydrogen-bond donors (Lipinski definition) is 1. The van der Waals surface area contributed by atoms with Crippen LogP contribution in [0.3, 0.4) is 0 Å². The van der Waals surface area contributed by atoms with Crippen LogP contribution in [0.5, 0.6) is 0 Å². The van der Waals surface area contributed by atoms with Crippen molar-refractivity contribution in [1.82, 2.24) is 9.78 Å². The van der Waals surface area contributed by atoms with E-state index in [4.69, 9.17) is 5.73 Å². The van der Waals surface area contributed by atoms with E-state index < -0.39 is 6.04 Å². The Balaban J connectivity index is 2.02. The molecule has 0 saturated heterocycles. The number of carbonyl (C=O) groups excluding carboxylic acids is 1. The minimum atomic E-state index is -0.501. The third kappa shape index (κ3) is 2.80. The van der Waals surface area contributed by atoms with E-state index in [1.807, 2.05) is 13.2 Å². The maximum Gasteiger partial charge on any atom is 0.157 e. The molecular formula is C14H23N3O. The van der Waals surface area contributed by atoms with E-state index in [2.05, 4.69) is 12.0 Å². The molecule has 3 atom stereocenters. The fourth-order valence-electron chi connectivity index (χ4n) is 2.94. The molecule has 2 rings (SSSR count). The molecule has 3 unspecified atom stereocenters. The highest BCUT2D eigenvalue weighted by Crippen LogP contribution is 2.33. The van der Waals surface area contributed by atoms with E-state index in [1.54, 1.807) is 10.9 Å². The van der Waals surface area contributed by atoms with E-state index in [0.29, 0.717) is 5.92 Å². The molecule has 0 aliphatic heterocycles. The summed E-state index contributed by atoms with van der Waals surface area (Å²) in [4.78, 5) is 12.4. The lowest BCUT2D eigenvalue weighted by Gasteiger charge is -2.28. The molecule has 2 N–H and O–H groups in total. The first-order valence-electron chi connectivity index (χ1n) is 6.89. The van der Waals surface area contributed by atoms with Crippen molar-refractivity contribution in [3.05, 3.63) is 18.0 Å². The number of rotatable bonds is 4. The molecule has 100 valence electrons. The van der Waals surface area contributed by atoms with Gasteiger partial charge in [-0.05, 0) is 18.8 Å². The van der Waals surface area contributed by atoms with Gasteiger partial charge in [0.05, 0.1) is 12.2 Å². The van der Waals surface area contributed by atoms with Gasteiger partial charge in [0, 0.05) is 24.7 Å². The van der Waals surface area contributed by atoms with Crippen molar-refractivity contribution >= 4 is 5.78 Å². The van der Waals surface area contributed by atoms with Gasteiger partial charge in [-0.2, -0.15) is 5.10 Å². The second-order valence-corrected chi connectivity index (χ2v) is 5.47. The molecule has 1 aromatic heterocycles. The first-order chi connectivity index (χ1) is 8.61. The van der Waals surface area contributed by atoms with E-state index in [9.17, 15) is 4.79 Å². The fourth-order valence-corrected chi connectivity index (χ4v) is 2.94. The maximum atomic E-state index is 12.4. The number of hydrogen-bond acceptors (Lipinski definition) is 3. The van der Waals surface area contributed by atoms with Crippen molar-refractivity contribution in [3.63, 3.8) is 0 Å². The van der Waals surface area contributed by atoms with Gasteiger partial charge in [0.15, 0.2) is 5.78 Å². The van der Waals surface area contributed by atoms with Crippen LogP contribution in [-0.4, -0.2) is 15.6 Å². The van der Waals surface area contributed by atoms with Gasteiger partial charge in [-0.25, -0.2) is 0 Å². The fraction of sp³-hybridized carbons (Fsp3) is 0.714. The molecule has 1 aliphatic carbocycles. The van der Waals surface area contributed by atoms with Crippen LogP contribution in [0.15, 0.2) is 12.4 Å². The molecule has 0 bridgehead atoms. The summed E-state index contributed by atoms with van der Waals surface area (Å²) in [6.45, 7) is 2.21. The highest BCUT2D eigenvalue weighted by Gasteiger charge is 2.30. The summed E-state index contributed by atoms with van der Waals surface area (Å²) in [6, 6.07) is -0.501. The Bertz CT molecular complexity index is 413. The maximum absolute atomic E-state index is 12.4. The van der Waals surface area contributed by atoms with Crippen molar-refractivity contribution in [2.24, 2.45) is 24.6 Å². The quantitative estimate of drug-likeness (QED) is 0.890. The highest BCUT2D eigenvalue weighted by molar-refractivity contribution is 5.87. The minimum absolute atomic E-state index is 0.152. The molecule has 0 radical (unpaired) electrons. The molecule has 4 nitrogen and oxygen atoms in total. The van der Waals surface area contributed by atoms with Crippen LogP contribution in [0.2, 0.25) is 0 Å². The van der Waals surface area contributed by atoms with E-state index in [1.165, 1.54) is 12.8 Å². The second-order valence-electron chi connectivity index (χ2n) is 5.47. The smallest absolute Gasteiger partial charge is 0.157 e. The number of ketones is 1. The lowest BCUT2D eigenvalue weighted by molar-refractivity contribution is -0.125. The molecule has 1 fully saturated rings. The van der Waals surface area contributed by atoms with Crippen LogP contribution in [0, 0.1) is 11.8 Å². The molecule has 0 amide bonds. The SMILES string of the molecule is CCC1CCCC(C(=O)C(N)c2cnn(C)c2)C1. The highest BCUT2D eigenvalue weighted by atomic mass is 16.1. The van der Waals surface area contributed by atoms with Crippen molar-refractivity contribution in [3.8, 4) is 0 Å². The molecule has 0 spiro atoms. The molecule has 1 saturated carbocycles. The van der Waals surface area contributed by atoms with E-state index in [-0.39, 0.29) is 11.7 Å². The van der Waals surface area contributed by atoms with Crippen molar-refractivity contribution in [2.75, 3.05) is 0 Å². The van der Waals surface area contributed by atoms with Crippen molar-refractivity contribution in [1.29, 1.82) is 0 Å². The zero-order valence-corrected chi connectivity index (χ0v) is 11.3. The normalized spacial score (nSPS) is 25.9. The predicted molar refractivity (Wildman–Crippen MR) is 70.9 cm³/mol. The Hall–Kier alpha value is -1.16. The zero-order chi connectivity index (χ0) is 13.1. The summed E-state index contributed by atoms with van der Waals surface area (Å²) in [5, 5.41) is 4.08. The van der Waals surface area contributed by atoms with Crippen LogP contribution in [-0.2, 0) is 11.8 Å². The lowest BCUT2D eigenvalue weighted by atomic mass is 9.76. The van der Waals surface area contributed by atoms with Gasteiger partial charge < -0.3 is 5.73 Å². The van der Waals surface area contributed by atoms with Gasteiger partial charge in [0.1, 0.15) is 0 Å². The topological polar surface area (TPSA) is 60.9 Å². The molecule has 18 heavy (non-hydrogen) atoms. The van der Waals surface area contributed by atoms with Crippen LogP contribution < -0.4 is 5.73 Å². The first-order valence-corrected chi connectivity index (χ1v) is 6.89. The Labute approximate surface area is 109 Å². The van der Waals surface area contributed by atoms with Gasteiger partial charge in [-0.1, -0.05) is 26.2 Å². The predicted octanol–water partition coefficient (Wildman–Crippen LogP) is 2.21. The number of carbonyl (C=O) groups is 1. The number of aryl methyl sites for hydroxylation is 1. The summed E-state index contributed by atoms with van der Waals surface area (Å²) >= 11 is 0. The molecule has 1 aliphatic rings. The Morgan fingerprint density at radius 1 is 1.61 bits per heavy atom. The Morgan fingerprint density at radius 2 is 2.39 bits per heavy atom. The lowest BCUT2D eigenvalue weighted by Crippen LogP contribution is -2.31. The first kappa shape index (κ1) is 13.3. The van der Waals surface area contributed by atoms with Gasteiger partial charge in [-0.3, -0.25) is 9.48 Å². The second kappa shape index (κ2) is 5.65. The van der Waals surface area contributed by atoms with Crippen LogP contribution in [0.4, 0.5) is 0 Å². The average Bonchev–Trinajstić information content (AvgIpc) is 2.83. The summed E-state index contributed by atoms with van der Waals surface area (Å²) in [7, 11) is 1.84. The Morgan fingerprint density at radius 3 is 3.00 bits per heavy atom. The molecule has 0 aromatic carbocycles. The van der Waals surface area contributed by atoms with Crippen LogP contribution >= 0.6 is 0 Å². The van der Waals surface area contributed by atoms with Gasteiger partial charge in [0.2, 0.25) is 0 Å². The van der Waals surface area contributed by atoms with Gasteiger partial charge in [0.25, 0.3) is 0 Å². The largest absolute Gasteiger partial charge is 0.318 e. The average molecular weight is 249 g/mol. The van der Waals surface area contributed by atoms with E-state index in [0.717, 1.165) is 24.8 Å². The number of aromatic nitrogens is 2. The zero-order valence-electron chi connectivity index (χ0n) is 11.3. The van der Waals surface area contributed by atoms with Crippen LogP contribution in [0.1, 0.15) is 50.6 Å². The summed E-state index contributed by atoms with van der Waals surface area (Å²) in [6.07, 6.45) is 9.15. The van der Waals surface area contributed by atoms with E-state index >= 15 is 0 Å². The summed E-state index contributed by atoms with van der Waals surface area (Å²) in [5.41, 5.74) is 6.90. The van der Waals surface area contributed by atoms with Crippen LogP contribution in [0.25, 0.3) is 0 Å². The number of nitrogens with zero attached hydrogens (tertiary/aromatic N) is 2. The third-order valence-electron chi connectivity index (χ3n) is 4.15.